The van der Waals surface area contributed by atoms with Crippen LogP contribution in [0.5, 0.6) is 0 Å². The maximum absolute atomic E-state index is 5.60. The molecule has 0 radical (unpaired) electrons. The molecule has 4 N–H and O–H groups in total. The summed E-state index contributed by atoms with van der Waals surface area (Å²) in [6.07, 6.45) is 5.33. The van der Waals surface area contributed by atoms with E-state index in [1.165, 1.54) is 4.68 Å². The van der Waals surface area contributed by atoms with E-state index in [9.17, 15) is 0 Å². The fourth-order valence-corrected chi connectivity index (χ4v) is 1.07. The summed E-state index contributed by atoms with van der Waals surface area (Å²) < 4.78 is 1.52. The van der Waals surface area contributed by atoms with Gasteiger partial charge in [0.15, 0.2) is 0 Å². The Kier molecular flexibility index (Phi) is 2.24. The number of nitrogens with zero attached hydrogens (tertiary/aromatic N) is 1. The molecule has 3 heteroatoms. The second kappa shape index (κ2) is 3.17. The van der Waals surface area contributed by atoms with Gasteiger partial charge in [-0.15, -0.1) is 0 Å². The van der Waals surface area contributed by atoms with Crippen LogP contribution in [0.25, 0.3) is 12.2 Å². The SMILES string of the molecule is C=Cc1c(/C=C(/C)N)ccn1N. The molecular formula is C9H13N3. The number of hydrogen-bond donors (Lipinski definition) is 2. The van der Waals surface area contributed by atoms with E-state index < -0.39 is 0 Å². The normalized spacial score (nSPS) is 11.6. The fraction of sp³-hybridized carbons (Fsp3) is 0.111. The Morgan fingerprint density at radius 1 is 1.67 bits per heavy atom. The van der Waals surface area contributed by atoms with Crippen LogP contribution in [0.1, 0.15) is 18.2 Å². The van der Waals surface area contributed by atoms with Crippen molar-refractivity contribution in [2.24, 2.45) is 5.73 Å². The Hall–Kier alpha value is -1.64. The predicted molar refractivity (Wildman–Crippen MR) is 52.5 cm³/mol. The molecule has 0 unspecified atom stereocenters. The second-order valence-electron chi connectivity index (χ2n) is 2.66. The van der Waals surface area contributed by atoms with Gasteiger partial charge in [-0.25, -0.2) is 0 Å². The largest absolute Gasteiger partial charge is 0.402 e. The minimum Gasteiger partial charge on any atom is -0.402 e. The molecule has 0 fully saturated rings. The molecule has 0 saturated heterocycles. The molecule has 1 heterocycles. The number of rotatable bonds is 2. The Balaban J connectivity index is 3.16. The lowest BCUT2D eigenvalue weighted by Crippen LogP contribution is -2.08. The van der Waals surface area contributed by atoms with Gasteiger partial charge in [0.05, 0.1) is 5.69 Å². The molecule has 1 rings (SSSR count). The molecule has 0 bridgehead atoms. The van der Waals surface area contributed by atoms with E-state index in [0.29, 0.717) is 0 Å². The first kappa shape index (κ1) is 8.46. The number of nitrogens with two attached hydrogens (primary N) is 2. The van der Waals surface area contributed by atoms with Gasteiger partial charge >= 0.3 is 0 Å². The highest BCUT2D eigenvalue weighted by Gasteiger charge is 2.00. The van der Waals surface area contributed by atoms with Crippen molar-refractivity contribution >= 4 is 12.2 Å². The summed E-state index contributed by atoms with van der Waals surface area (Å²) in [6.45, 7) is 5.50. The maximum Gasteiger partial charge on any atom is 0.0684 e. The van der Waals surface area contributed by atoms with Crippen molar-refractivity contribution in [3.8, 4) is 0 Å². The van der Waals surface area contributed by atoms with Gasteiger partial charge in [-0.3, -0.25) is 4.68 Å². The van der Waals surface area contributed by atoms with Crippen LogP contribution in [0.2, 0.25) is 0 Å². The van der Waals surface area contributed by atoms with Crippen LogP contribution in [-0.4, -0.2) is 4.68 Å². The van der Waals surface area contributed by atoms with Crippen LogP contribution in [0.15, 0.2) is 24.5 Å². The maximum atomic E-state index is 5.60. The first-order valence-electron chi connectivity index (χ1n) is 3.67. The summed E-state index contributed by atoms with van der Waals surface area (Å²) >= 11 is 0. The van der Waals surface area contributed by atoms with E-state index in [4.69, 9.17) is 11.6 Å². The molecular weight excluding hydrogens is 150 g/mol. The molecule has 0 saturated carbocycles. The number of nitrogen functional groups attached to an aromatic ring is 1. The lowest BCUT2D eigenvalue weighted by atomic mass is 10.2. The zero-order valence-electron chi connectivity index (χ0n) is 7.12. The summed E-state index contributed by atoms with van der Waals surface area (Å²) in [4.78, 5) is 0. The van der Waals surface area contributed by atoms with E-state index in [1.807, 2.05) is 19.1 Å². The highest BCUT2D eigenvalue weighted by molar-refractivity contribution is 5.63. The lowest BCUT2D eigenvalue weighted by Gasteiger charge is -1.98. The van der Waals surface area contributed by atoms with Gasteiger partial charge in [0.2, 0.25) is 0 Å². The molecule has 3 nitrogen and oxygen atoms in total. The van der Waals surface area contributed by atoms with Crippen molar-refractivity contribution in [1.82, 2.24) is 4.68 Å². The van der Waals surface area contributed by atoms with Gasteiger partial charge in [0, 0.05) is 17.5 Å². The summed E-state index contributed by atoms with van der Waals surface area (Å²) in [7, 11) is 0. The van der Waals surface area contributed by atoms with Gasteiger partial charge < -0.3 is 11.6 Å². The standard InChI is InChI=1S/C9H13N3/c1-3-9-8(6-7(2)10)4-5-12(9)11/h3-6H,1,10-11H2,2H3/b7-6-. The first-order valence-corrected chi connectivity index (χ1v) is 3.67. The summed E-state index contributed by atoms with van der Waals surface area (Å²) in [6, 6.07) is 1.90. The van der Waals surface area contributed by atoms with Gasteiger partial charge in [-0.1, -0.05) is 6.58 Å². The summed E-state index contributed by atoms with van der Waals surface area (Å²) in [5, 5.41) is 0. The van der Waals surface area contributed by atoms with Crippen molar-refractivity contribution in [1.29, 1.82) is 0 Å². The minimum absolute atomic E-state index is 0.754. The van der Waals surface area contributed by atoms with Crippen LogP contribution in [0.3, 0.4) is 0 Å². The van der Waals surface area contributed by atoms with Crippen molar-refractivity contribution in [2.45, 2.75) is 6.92 Å². The lowest BCUT2D eigenvalue weighted by molar-refractivity contribution is 1.00. The number of aromatic nitrogens is 1. The zero-order chi connectivity index (χ0) is 9.14. The number of allylic oxidation sites excluding steroid dienone is 1. The average Bonchev–Trinajstić information content (AvgIpc) is 2.30. The third-order valence-corrected chi connectivity index (χ3v) is 1.57. The predicted octanol–water partition coefficient (Wildman–Crippen LogP) is 1.16. The van der Waals surface area contributed by atoms with Crippen LogP contribution in [-0.2, 0) is 0 Å². The smallest absolute Gasteiger partial charge is 0.0684 e. The summed E-state index contributed by atoms with van der Waals surface area (Å²) in [5.41, 5.74) is 8.16. The second-order valence-corrected chi connectivity index (χ2v) is 2.66. The highest BCUT2D eigenvalue weighted by Crippen LogP contribution is 2.12. The number of hydrogen-bond acceptors (Lipinski definition) is 2. The molecule has 0 aliphatic rings. The average molecular weight is 163 g/mol. The van der Waals surface area contributed by atoms with Gasteiger partial charge in [-0.2, -0.15) is 0 Å². The molecule has 1 aromatic rings. The molecule has 0 aromatic carbocycles. The topological polar surface area (TPSA) is 57.0 Å². The van der Waals surface area contributed by atoms with Gasteiger partial charge in [0.1, 0.15) is 0 Å². The first-order chi connectivity index (χ1) is 5.65. The Morgan fingerprint density at radius 2 is 2.33 bits per heavy atom. The van der Waals surface area contributed by atoms with E-state index in [0.717, 1.165) is 17.0 Å². The van der Waals surface area contributed by atoms with Gasteiger partial charge in [0.25, 0.3) is 0 Å². The van der Waals surface area contributed by atoms with Crippen LogP contribution < -0.4 is 11.6 Å². The van der Waals surface area contributed by atoms with Crippen molar-refractivity contribution < 1.29 is 0 Å². The van der Waals surface area contributed by atoms with Crippen molar-refractivity contribution in [3.63, 3.8) is 0 Å². The molecule has 0 atom stereocenters. The van der Waals surface area contributed by atoms with Crippen molar-refractivity contribution in [3.05, 3.63) is 35.8 Å². The Morgan fingerprint density at radius 3 is 2.83 bits per heavy atom. The van der Waals surface area contributed by atoms with E-state index in [1.54, 1.807) is 12.3 Å². The van der Waals surface area contributed by atoms with Crippen molar-refractivity contribution in [2.75, 3.05) is 5.84 Å². The highest BCUT2D eigenvalue weighted by atomic mass is 15.3. The zero-order valence-corrected chi connectivity index (χ0v) is 7.12. The van der Waals surface area contributed by atoms with E-state index >= 15 is 0 Å². The molecule has 0 amide bonds. The summed E-state index contributed by atoms with van der Waals surface area (Å²) in [5.74, 6) is 5.60. The molecule has 0 aliphatic carbocycles. The Labute approximate surface area is 71.9 Å². The monoisotopic (exact) mass is 163 g/mol. The molecule has 0 spiro atoms. The van der Waals surface area contributed by atoms with Crippen LogP contribution in [0.4, 0.5) is 0 Å². The Bertz CT molecular complexity index is 317. The van der Waals surface area contributed by atoms with Crippen LogP contribution >= 0.6 is 0 Å². The van der Waals surface area contributed by atoms with Gasteiger partial charge in [-0.05, 0) is 25.1 Å². The third-order valence-electron chi connectivity index (χ3n) is 1.57. The third kappa shape index (κ3) is 1.50. The quantitative estimate of drug-likeness (QED) is 0.643. The molecule has 12 heavy (non-hydrogen) atoms. The molecule has 64 valence electrons. The van der Waals surface area contributed by atoms with Crippen LogP contribution in [0, 0.1) is 0 Å². The molecule has 1 aromatic heterocycles. The van der Waals surface area contributed by atoms with E-state index in [2.05, 4.69) is 6.58 Å². The van der Waals surface area contributed by atoms with E-state index in [-0.39, 0.29) is 0 Å². The molecule has 0 aliphatic heterocycles. The minimum atomic E-state index is 0.754. The fourth-order valence-electron chi connectivity index (χ4n) is 1.07.